The maximum atomic E-state index is 4.99. The minimum Gasteiger partial charge on any atom is -0.364 e. The van der Waals surface area contributed by atoms with Gasteiger partial charge in [0, 0.05) is 71.9 Å². The van der Waals surface area contributed by atoms with Crippen LogP contribution in [0.2, 0.25) is 0 Å². The molecule has 27 nitrogen and oxygen atoms in total. The number of nitrogens with one attached hydrogen (secondary N) is 1. The van der Waals surface area contributed by atoms with Crippen LogP contribution in [0.15, 0.2) is 45.9 Å². The fraction of sp³-hybridized carbons (Fsp3) is 0.827. The van der Waals surface area contributed by atoms with Crippen molar-refractivity contribution in [3.8, 4) is 0 Å². The van der Waals surface area contributed by atoms with Crippen LogP contribution in [0.4, 0.5) is 0 Å². The molecule has 0 saturated carbocycles. The first-order valence-corrected chi connectivity index (χ1v) is 42.3. The van der Waals surface area contributed by atoms with Crippen LogP contribution in [0.5, 0.6) is 0 Å². The van der Waals surface area contributed by atoms with Gasteiger partial charge in [-0.05, 0) is 341 Å². The van der Waals surface area contributed by atoms with Crippen LogP contribution in [-0.4, -0.2) is 326 Å². The van der Waals surface area contributed by atoms with Gasteiger partial charge in [0.2, 0.25) is 0 Å². The zero-order valence-corrected chi connectivity index (χ0v) is 66.2. The minimum absolute atomic E-state index is 0.391. The summed E-state index contributed by atoms with van der Waals surface area (Å²) >= 11 is 3.76. The number of thiazole rings is 1. The van der Waals surface area contributed by atoms with Crippen LogP contribution in [0, 0.1) is 0 Å². The van der Waals surface area contributed by atoms with E-state index in [4.69, 9.17) is 4.52 Å². The number of aromatic amines is 1. The van der Waals surface area contributed by atoms with Crippen molar-refractivity contribution in [3.63, 3.8) is 0 Å². The predicted octanol–water partition coefficient (Wildman–Crippen LogP) is 8.57. The monoisotopic (exact) mass is 1470 g/mol. The van der Waals surface area contributed by atoms with Crippen LogP contribution >= 0.6 is 22.7 Å². The van der Waals surface area contributed by atoms with Gasteiger partial charge in [-0.1, -0.05) is 16.4 Å². The molecule has 576 valence electrons. The molecule has 6 aromatic heterocycles. The lowest BCUT2D eigenvalue weighted by molar-refractivity contribution is 0.105. The molecule has 0 amide bonds. The summed E-state index contributed by atoms with van der Waals surface area (Å²) in [7, 11) is 17.1. The first-order chi connectivity index (χ1) is 50.9. The lowest BCUT2D eigenvalue weighted by Crippen LogP contribution is -2.43. The van der Waals surface area contributed by atoms with Gasteiger partial charge in [0.25, 0.3) is 0 Å². The number of tetrazole rings is 3. The van der Waals surface area contributed by atoms with Gasteiger partial charge in [0.1, 0.15) is 17.0 Å². The summed E-state index contributed by atoms with van der Waals surface area (Å²) < 4.78 is 6.83. The first-order valence-electron chi connectivity index (χ1n) is 40.6. The van der Waals surface area contributed by atoms with Gasteiger partial charge in [-0.15, -0.1) is 48.2 Å². The number of rotatable bonds is 12. The molecule has 0 bridgehead atoms. The Morgan fingerprint density at radius 1 is 0.394 bits per heavy atom. The quantitative estimate of drug-likeness (QED) is 0.121. The van der Waals surface area contributed by atoms with Gasteiger partial charge >= 0.3 is 0 Å². The van der Waals surface area contributed by atoms with Crippen molar-refractivity contribution < 1.29 is 4.52 Å². The van der Waals surface area contributed by atoms with Crippen LogP contribution in [0.3, 0.4) is 0 Å². The number of H-pyrrole nitrogens is 1. The molecular formula is C75H128N26OS2. The van der Waals surface area contributed by atoms with E-state index in [9.17, 15) is 0 Å². The Kier molecular flexibility index (Phi) is 28.7. The molecule has 0 aliphatic carbocycles. The Hall–Kier alpha value is -4.73. The van der Waals surface area contributed by atoms with Gasteiger partial charge in [-0.25, -0.2) is 9.67 Å². The molecule has 18 heterocycles. The van der Waals surface area contributed by atoms with E-state index in [1.807, 2.05) is 53.7 Å². The van der Waals surface area contributed by atoms with Crippen molar-refractivity contribution >= 4 is 22.7 Å². The van der Waals surface area contributed by atoms with Crippen molar-refractivity contribution in [2.45, 2.75) is 227 Å². The van der Waals surface area contributed by atoms with Crippen molar-refractivity contribution in [2.75, 3.05) is 160 Å². The van der Waals surface area contributed by atoms with Crippen LogP contribution in [0.1, 0.15) is 223 Å². The van der Waals surface area contributed by atoms with Crippen LogP contribution in [0.25, 0.3) is 0 Å². The Morgan fingerprint density at radius 3 is 1.19 bits per heavy atom. The molecule has 104 heavy (non-hydrogen) atoms. The molecule has 18 rings (SSSR count). The SMILES string of the molecule is CN1CCC(N2CCCC2c2ccon2)CC1.CN1CCC(N2CCCC2c2nn[nH]n2)CC1.CN1CCC(N2CCCC2c2nnn(C)n2)CC1.CN1CCC(N2CCCC2c2nnnn2C)CC1.CN1CCC(N2CCC[C@@H]2c2cccs2)CC1.CN1CCC(N2CCC[C@@H]2c2nccs2)CC1. The third-order valence-corrected chi connectivity index (χ3v) is 27.4. The van der Waals surface area contributed by atoms with Crippen molar-refractivity contribution in [3.05, 3.63) is 74.5 Å². The fourth-order valence-corrected chi connectivity index (χ4v) is 21.2. The number of likely N-dealkylation sites (tertiary alicyclic amines) is 12. The highest BCUT2D eigenvalue weighted by atomic mass is 32.1. The highest BCUT2D eigenvalue weighted by molar-refractivity contribution is 7.10. The fourth-order valence-electron chi connectivity index (χ4n) is 19.6. The second-order valence-electron chi connectivity index (χ2n) is 32.5. The number of hydrogen-bond donors (Lipinski definition) is 1. The highest BCUT2D eigenvalue weighted by Crippen LogP contribution is 2.42. The van der Waals surface area contributed by atoms with Gasteiger partial charge < -0.3 is 33.9 Å². The lowest BCUT2D eigenvalue weighted by atomic mass is 10.0. The van der Waals surface area contributed by atoms with Crippen LogP contribution in [-0.2, 0) is 14.1 Å². The van der Waals surface area contributed by atoms with Crippen molar-refractivity contribution in [2.24, 2.45) is 14.1 Å². The summed E-state index contributed by atoms with van der Waals surface area (Å²) in [6.45, 7) is 22.2. The molecule has 6 aromatic rings. The summed E-state index contributed by atoms with van der Waals surface area (Å²) in [4.78, 5) is 38.3. The average molecular weight is 1470 g/mol. The van der Waals surface area contributed by atoms with Gasteiger partial charge in [-0.3, -0.25) is 29.4 Å². The summed E-state index contributed by atoms with van der Waals surface area (Å²) in [6.07, 6.45) is 34.5. The molecule has 6 atom stereocenters. The summed E-state index contributed by atoms with van der Waals surface area (Å²) in [6, 6.07) is 14.1. The molecule has 12 aliphatic rings. The van der Waals surface area contributed by atoms with E-state index < -0.39 is 0 Å². The third kappa shape index (κ3) is 20.4. The molecule has 12 aliphatic heterocycles. The van der Waals surface area contributed by atoms with E-state index >= 15 is 0 Å². The van der Waals surface area contributed by atoms with Gasteiger partial charge in [0.15, 0.2) is 17.5 Å². The molecule has 12 saturated heterocycles. The second-order valence-corrected chi connectivity index (χ2v) is 34.4. The standard InChI is InChI=1S/C14H22N2S.C13H21N3O.C13H21N3S.2C12H22N6.C11H20N6/c1-15-9-6-12(7-10-15)16-8-2-4-13(16)14-5-3-11-17-14;1-15-8-4-11(5-9-15)16-7-2-3-13(16)12-6-10-17-14-12;1-15-8-4-11(5-9-15)16-7-2-3-12(16)13-14-6-10-17-13;1-16-8-5-10(6-9-16)18-7-3-4-11(18)12-13-14-15-17(12)2;1-16-8-5-10(6-9-16)18-7-3-4-11(18)12-13-15-17(2)14-12;1-16-7-4-9(5-8-16)17-6-2-3-10(17)11-12-14-15-13-11/h3,5,11-13H,2,4,6-10H2,1H3;6,10-11,13H,2-5,7-9H2,1H3;6,10-12H,2-5,7-9H2,1H3;2*10-11H,3-9H2,1-2H3;9-10H,2-8H2,1H3,(H,12,13,14,15)/t13-;;12-;;;/m1.1.../s1. The van der Waals surface area contributed by atoms with E-state index in [0.717, 1.165) is 47.3 Å². The first kappa shape index (κ1) is 77.4. The molecule has 29 heteroatoms. The van der Waals surface area contributed by atoms with E-state index in [1.54, 1.807) is 15.9 Å². The molecule has 0 radical (unpaired) electrons. The summed E-state index contributed by atoms with van der Waals surface area (Å²) in [5.41, 5.74) is 1.13. The minimum atomic E-state index is 0.391. The maximum Gasteiger partial charge on any atom is 0.191 e. The molecular weight excluding hydrogens is 1350 g/mol. The normalized spacial score (nSPS) is 28.6. The van der Waals surface area contributed by atoms with Crippen molar-refractivity contribution in [1.29, 1.82) is 0 Å². The number of aromatic nitrogens is 14. The highest BCUT2D eigenvalue weighted by Gasteiger charge is 2.41. The number of hydrogen-bond acceptors (Lipinski definition) is 26. The molecule has 0 aromatic carbocycles. The van der Waals surface area contributed by atoms with Crippen molar-refractivity contribution in [1.82, 2.24) is 130 Å². The maximum absolute atomic E-state index is 4.99. The lowest BCUT2D eigenvalue weighted by Gasteiger charge is -2.38. The summed E-state index contributed by atoms with van der Waals surface area (Å²) in [5.74, 6) is 2.82. The summed E-state index contributed by atoms with van der Waals surface area (Å²) in [5, 5.41) is 48.9. The Bertz CT molecular complexity index is 3010. The molecule has 1 N–H and O–H groups in total. The number of piperidine rings is 6. The number of thiophene rings is 1. The Morgan fingerprint density at radius 2 is 0.808 bits per heavy atom. The Labute approximate surface area is 629 Å². The molecule has 0 spiro atoms. The van der Waals surface area contributed by atoms with E-state index in [1.165, 1.54) is 277 Å². The third-order valence-electron chi connectivity index (χ3n) is 25.5. The molecule has 4 unspecified atom stereocenters. The topological polar surface area (TPSA) is 219 Å². The number of aryl methyl sites for hydroxylation is 2. The predicted molar refractivity (Wildman–Crippen MR) is 410 cm³/mol. The Balaban J connectivity index is 0.000000111. The number of nitrogens with zero attached hydrogens (tertiary/aromatic N) is 25. The largest absolute Gasteiger partial charge is 0.364 e. The van der Waals surface area contributed by atoms with E-state index in [2.05, 4.69) is 186 Å². The van der Waals surface area contributed by atoms with Gasteiger partial charge in [-0.2, -0.15) is 10.0 Å². The second kappa shape index (κ2) is 38.6. The zero-order chi connectivity index (χ0) is 71.7. The van der Waals surface area contributed by atoms with E-state index in [-0.39, 0.29) is 0 Å². The average Bonchev–Trinajstić information content (AvgIpc) is 1.66. The smallest absolute Gasteiger partial charge is 0.191 e. The van der Waals surface area contributed by atoms with E-state index in [0.29, 0.717) is 48.3 Å². The van der Waals surface area contributed by atoms with Gasteiger partial charge in [0.05, 0.1) is 37.3 Å². The van der Waals surface area contributed by atoms with Crippen LogP contribution < -0.4 is 0 Å². The zero-order valence-electron chi connectivity index (χ0n) is 64.6. The molecule has 12 fully saturated rings.